The molecule has 0 unspecified atom stereocenters. The number of aromatic nitrogens is 2. The summed E-state index contributed by atoms with van der Waals surface area (Å²) in [7, 11) is 0. The first kappa shape index (κ1) is 9.65. The van der Waals surface area contributed by atoms with Crippen LogP contribution in [0.5, 0.6) is 0 Å². The molecule has 0 radical (unpaired) electrons. The monoisotopic (exact) mass is 200 g/mol. The molecule has 0 aliphatic rings. The molecule has 3 heteroatoms. The maximum Gasteiger partial charge on any atom is 0.169 e. The molecule has 2 rings (SSSR count). The number of aldehydes is 1. The molecule has 0 spiro atoms. The van der Waals surface area contributed by atoms with E-state index in [2.05, 4.69) is 36.2 Å². The van der Waals surface area contributed by atoms with Gasteiger partial charge in [-0.1, -0.05) is 29.8 Å². The van der Waals surface area contributed by atoms with Crippen LogP contribution < -0.4 is 0 Å². The molecule has 15 heavy (non-hydrogen) atoms. The minimum atomic E-state index is 0.474. The molecule has 2 aromatic rings. The standard InChI is InChI=1S/C12H12N2O/c1-10-2-4-11(5-3-10)6-14-7-12(8-15)13-9-14/h2-5,7-9H,6H2,1H3. The number of hydrogen-bond acceptors (Lipinski definition) is 2. The topological polar surface area (TPSA) is 34.9 Å². The summed E-state index contributed by atoms with van der Waals surface area (Å²) in [5.41, 5.74) is 2.93. The summed E-state index contributed by atoms with van der Waals surface area (Å²) in [6.07, 6.45) is 4.17. The van der Waals surface area contributed by atoms with Crippen LogP contribution in [0.4, 0.5) is 0 Å². The van der Waals surface area contributed by atoms with E-state index in [1.807, 2.05) is 4.57 Å². The molecule has 0 saturated heterocycles. The molecule has 0 bridgehead atoms. The Kier molecular flexibility index (Phi) is 2.63. The van der Waals surface area contributed by atoms with E-state index >= 15 is 0 Å². The average Bonchev–Trinajstić information content (AvgIpc) is 2.69. The third kappa shape index (κ3) is 2.31. The van der Waals surface area contributed by atoms with E-state index < -0.39 is 0 Å². The van der Waals surface area contributed by atoms with Crippen molar-refractivity contribution in [3.63, 3.8) is 0 Å². The van der Waals surface area contributed by atoms with Gasteiger partial charge in [0.05, 0.1) is 6.33 Å². The predicted molar refractivity (Wildman–Crippen MR) is 57.9 cm³/mol. The van der Waals surface area contributed by atoms with Crippen molar-refractivity contribution in [2.75, 3.05) is 0 Å². The highest BCUT2D eigenvalue weighted by Gasteiger charge is 1.97. The highest BCUT2D eigenvalue weighted by atomic mass is 16.1. The molecule has 0 saturated carbocycles. The van der Waals surface area contributed by atoms with Crippen LogP contribution in [-0.4, -0.2) is 15.8 Å². The van der Waals surface area contributed by atoms with Gasteiger partial charge in [0.1, 0.15) is 5.69 Å². The third-order valence-corrected chi connectivity index (χ3v) is 2.26. The second-order valence-corrected chi connectivity index (χ2v) is 3.57. The zero-order valence-corrected chi connectivity index (χ0v) is 8.55. The van der Waals surface area contributed by atoms with Crippen LogP contribution in [-0.2, 0) is 6.54 Å². The molecule has 1 aromatic heterocycles. The summed E-state index contributed by atoms with van der Waals surface area (Å²) < 4.78 is 1.90. The summed E-state index contributed by atoms with van der Waals surface area (Å²) in [5, 5.41) is 0. The van der Waals surface area contributed by atoms with Gasteiger partial charge in [-0.25, -0.2) is 4.98 Å². The molecular formula is C12H12N2O. The van der Waals surface area contributed by atoms with Crippen molar-refractivity contribution in [3.05, 3.63) is 53.6 Å². The quantitative estimate of drug-likeness (QED) is 0.711. The summed E-state index contributed by atoms with van der Waals surface area (Å²) in [6, 6.07) is 8.31. The van der Waals surface area contributed by atoms with Crippen molar-refractivity contribution in [2.24, 2.45) is 0 Å². The van der Waals surface area contributed by atoms with Gasteiger partial charge < -0.3 is 4.57 Å². The lowest BCUT2D eigenvalue weighted by molar-refractivity contribution is 0.111. The molecule has 1 aromatic carbocycles. The van der Waals surface area contributed by atoms with Gasteiger partial charge in [-0.15, -0.1) is 0 Å². The predicted octanol–water partition coefficient (Wildman–Crippen LogP) is 2.05. The minimum absolute atomic E-state index is 0.474. The average molecular weight is 200 g/mol. The Labute approximate surface area is 88.4 Å². The van der Waals surface area contributed by atoms with Crippen LogP contribution >= 0.6 is 0 Å². The fraction of sp³-hybridized carbons (Fsp3) is 0.167. The molecule has 0 N–H and O–H groups in total. The van der Waals surface area contributed by atoms with Crippen LogP contribution in [0.25, 0.3) is 0 Å². The molecule has 1 heterocycles. The smallest absolute Gasteiger partial charge is 0.169 e. The van der Waals surface area contributed by atoms with Crippen LogP contribution in [0.1, 0.15) is 21.6 Å². The van der Waals surface area contributed by atoms with Gasteiger partial charge in [0.15, 0.2) is 6.29 Å². The normalized spacial score (nSPS) is 10.2. The molecule has 0 aliphatic carbocycles. The van der Waals surface area contributed by atoms with Crippen molar-refractivity contribution in [1.29, 1.82) is 0 Å². The highest BCUT2D eigenvalue weighted by molar-refractivity contribution is 5.70. The van der Waals surface area contributed by atoms with Crippen LogP contribution in [0.2, 0.25) is 0 Å². The molecule has 0 atom stereocenters. The Morgan fingerprint density at radius 1 is 1.33 bits per heavy atom. The third-order valence-electron chi connectivity index (χ3n) is 2.26. The van der Waals surface area contributed by atoms with E-state index in [1.54, 1.807) is 12.5 Å². The first-order valence-corrected chi connectivity index (χ1v) is 4.80. The number of aryl methyl sites for hydroxylation is 1. The number of carbonyl (C=O) groups excluding carboxylic acids is 1. The van der Waals surface area contributed by atoms with Gasteiger partial charge in [-0.05, 0) is 12.5 Å². The SMILES string of the molecule is Cc1ccc(Cn2cnc(C=O)c2)cc1. The lowest BCUT2D eigenvalue weighted by Gasteiger charge is -2.02. The first-order valence-electron chi connectivity index (χ1n) is 4.80. The summed E-state index contributed by atoms with van der Waals surface area (Å²) >= 11 is 0. The maximum atomic E-state index is 10.4. The van der Waals surface area contributed by atoms with E-state index in [4.69, 9.17) is 0 Å². The second-order valence-electron chi connectivity index (χ2n) is 3.57. The summed E-state index contributed by atoms with van der Waals surface area (Å²) in [5.74, 6) is 0. The van der Waals surface area contributed by atoms with Gasteiger partial charge in [0, 0.05) is 12.7 Å². The molecule has 76 valence electrons. The number of benzene rings is 1. The number of imidazole rings is 1. The van der Waals surface area contributed by atoms with Crippen molar-refractivity contribution in [1.82, 2.24) is 9.55 Å². The Bertz CT molecular complexity index is 457. The Morgan fingerprint density at radius 3 is 2.67 bits per heavy atom. The van der Waals surface area contributed by atoms with Gasteiger partial charge >= 0.3 is 0 Å². The van der Waals surface area contributed by atoms with Gasteiger partial charge in [-0.3, -0.25) is 4.79 Å². The van der Waals surface area contributed by atoms with Gasteiger partial charge in [0.2, 0.25) is 0 Å². The van der Waals surface area contributed by atoms with E-state index in [0.29, 0.717) is 5.69 Å². The summed E-state index contributed by atoms with van der Waals surface area (Å²) in [4.78, 5) is 14.4. The van der Waals surface area contributed by atoms with E-state index in [9.17, 15) is 4.79 Å². The van der Waals surface area contributed by atoms with Gasteiger partial charge in [0.25, 0.3) is 0 Å². The fourth-order valence-electron chi connectivity index (χ4n) is 1.43. The molecule has 0 aliphatic heterocycles. The molecule has 3 nitrogen and oxygen atoms in total. The number of hydrogen-bond donors (Lipinski definition) is 0. The second kappa shape index (κ2) is 4.09. The number of carbonyl (C=O) groups is 1. The largest absolute Gasteiger partial charge is 0.332 e. The highest BCUT2D eigenvalue weighted by Crippen LogP contribution is 2.05. The van der Waals surface area contributed by atoms with Crippen LogP contribution in [0, 0.1) is 6.92 Å². The number of rotatable bonds is 3. The van der Waals surface area contributed by atoms with Crippen molar-refractivity contribution >= 4 is 6.29 Å². The van der Waals surface area contributed by atoms with Crippen LogP contribution in [0.15, 0.2) is 36.8 Å². The molecular weight excluding hydrogens is 188 g/mol. The first-order chi connectivity index (χ1) is 7.28. The fourth-order valence-corrected chi connectivity index (χ4v) is 1.43. The molecule has 0 fully saturated rings. The number of nitrogens with zero attached hydrogens (tertiary/aromatic N) is 2. The van der Waals surface area contributed by atoms with E-state index in [0.717, 1.165) is 12.8 Å². The lowest BCUT2D eigenvalue weighted by Crippen LogP contribution is -1.96. The van der Waals surface area contributed by atoms with E-state index in [-0.39, 0.29) is 0 Å². The van der Waals surface area contributed by atoms with Crippen molar-refractivity contribution in [2.45, 2.75) is 13.5 Å². The Balaban J connectivity index is 2.14. The lowest BCUT2D eigenvalue weighted by atomic mass is 10.1. The van der Waals surface area contributed by atoms with Crippen molar-refractivity contribution in [3.8, 4) is 0 Å². The van der Waals surface area contributed by atoms with Crippen LogP contribution in [0.3, 0.4) is 0 Å². The summed E-state index contributed by atoms with van der Waals surface area (Å²) in [6.45, 7) is 2.81. The minimum Gasteiger partial charge on any atom is -0.332 e. The molecule has 0 amide bonds. The Hall–Kier alpha value is -1.90. The van der Waals surface area contributed by atoms with Crippen molar-refractivity contribution < 1.29 is 4.79 Å². The Morgan fingerprint density at radius 2 is 2.07 bits per heavy atom. The zero-order chi connectivity index (χ0) is 10.7. The maximum absolute atomic E-state index is 10.4. The zero-order valence-electron chi connectivity index (χ0n) is 8.55. The van der Waals surface area contributed by atoms with Gasteiger partial charge in [-0.2, -0.15) is 0 Å². The van der Waals surface area contributed by atoms with E-state index in [1.165, 1.54) is 11.1 Å².